The Morgan fingerprint density at radius 1 is 1.15 bits per heavy atom. The summed E-state index contributed by atoms with van der Waals surface area (Å²) in [6.07, 6.45) is 0. The second-order valence-corrected chi connectivity index (χ2v) is 3.22. The molecule has 0 radical (unpaired) electrons. The molecule has 0 amide bonds. The first-order chi connectivity index (χ1) is 6.31. The van der Waals surface area contributed by atoms with Crippen molar-refractivity contribution in [3.63, 3.8) is 0 Å². The third kappa shape index (κ3) is 1.47. The smallest absolute Gasteiger partial charge is 0.116 e. The lowest BCUT2D eigenvalue weighted by Crippen LogP contribution is -1.80. The third-order valence-electron chi connectivity index (χ3n) is 2.10. The van der Waals surface area contributed by atoms with E-state index in [9.17, 15) is 5.11 Å². The average Bonchev–Trinajstić information content (AvgIpc) is 2.16. The maximum atomic E-state index is 9.26. The molecule has 2 aromatic rings. The molecule has 0 saturated carbocycles. The van der Waals surface area contributed by atoms with Crippen molar-refractivity contribution in [2.75, 3.05) is 0 Å². The zero-order valence-electron chi connectivity index (χ0n) is 7.00. The molecule has 0 aliphatic rings. The fourth-order valence-electron chi connectivity index (χ4n) is 1.45. The largest absolute Gasteiger partial charge is 0.508 e. The van der Waals surface area contributed by atoms with Crippen LogP contribution in [0.3, 0.4) is 0 Å². The summed E-state index contributed by atoms with van der Waals surface area (Å²) >= 11 is 5.78. The summed E-state index contributed by atoms with van der Waals surface area (Å²) < 4.78 is 0. The first-order valence-corrected chi connectivity index (χ1v) is 4.61. The van der Waals surface area contributed by atoms with Gasteiger partial charge in [0.2, 0.25) is 0 Å². The number of hydrogen-bond donors (Lipinski definition) is 1. The number of aromatic hydroxyl groups is 1. The third-order valence-corrected chi connectivity index (χ3v) is 2.39. The number of hydrogen-bond acceptors (Lipinski definition) is 1. The molecule has 13 heavy (non-hydrogen) atoms. The van der Waals surface area contributed by atoms with Crippen molar-refractivity contribution in [2.45, 2.75) is 5.88 Å². The van der Waals surface area contributed by atoms with Crippen LogP contribution in [0.5, 0.6) is 5.75 Å². The van der Waals surface area contributed by atoms with Crippen molar-refractivity contribution < 1.29 is 5.11 Å². The van der Waals surface area contributed by atoms with Crippen LogP contribution in [0.1, 0.15) is 5.56 Å². The monoisotopic (exact) mass is 192 g/mol. The van der Waals surface area contributed by atoms with Gasteiger partial charge in [-0.3, -0.25) is 0 Å². The van der Waals surface area contributed by atoms with Gasteiger partial charge in [-0.2, -0.15) is 0 Å². The van der Waals surface area contributed by atoms with Gasteiger partial charge in [-0.1, -0.05) is 24.3 Å². The molecule has 1 N–H and O–H groups in total. The molecule has 2 heteroatoms. The molecular weight excluding hydrogens is 184 g/mol. The summed E-state index contributed by atoms with van der Waals surface area (Å²) in [5.41, 5.74) is 1.10. The summed E-state index contributed by atoms with van der Waals surface area (Å²) in [5, 5.41) is 11.4. The van der Waals surface area contributed by atoms with Crippen LogP contribution < -0.4 is 0 Å². The van der Waals surface area contributed by atoms with E-state index in [2.05, 4.69) is 0 Å². The molecule has 0 fully saturated rings. The summed E-state index contributed by atoms with van der Waals surface area (Å²) in [7, 11) is 0. The predicted molar refractivity (Wildman–Crippen MR) is 55.2 cm³/mol. The molecule has 0 atom stereocenters. The number of benzene rings is 2. The number of rotatable bonds is 1. The fourth-order valence-corrected chi connectivity index (χ4v) is 1.69. The second kappa shape index (κ2) is 3.27. The Morgan fingerprint density at radius 3 is 2.77 bits per heavy atom. The number of alkyl halides is 1. The van der Waals surface area contributed by atoms with Gasteiger partial charge in [0.1, 0.15) is 5.75 Å². The topological polar surface area (TPSA) is 20.2 Å². The number of halogens is 1. The van der Waals surface area contributed by atoms with Crippen LogP contribution in [0.25, 0.3) is 10.8 Å². The van der Waals surface area contributed by atoms with Gasteiger partial charge < -0.3 is 5.11 Å². The van der Waals surface area contributed by atoms with Crippen molar-refractivity contribution in [1.82, 2.24) is 0 Å². The normalized spacial score (nSPS) is 10.5. The Morgan fingerprint density at radius 2 is 2.00 bits per heavy atom. The van der Waals surface area contributed by atoms with Crippen LogP contribution in [0.4, 0.5) is 0 Å². The highest BCUT2D eigenvalue weighted by atomic mass is 35.5. The predicted octanol–water partition coefficient (Wildman–Crippen LogP) is 3.28. The van der Waals surface area contributed by atoms with Gasteiger partial charge in [-0.15, -0.1) is 11.6 Å². The van der Waals surface area contributed by atoms with Gasteiger partial charge in [-0.05, 0) is 28.5 Å². The van der Waals surface area contributed by atoms with Crippen LogP contribution in [0.2, 0.25) is 0 Å². The van der Waals surface area contributed by atoms with Crippen LogP contribution in [0, 0.1) is 0 Å². The molecule has 0 heterocycles. The molecule has 2 rings (SSSR count). The van der Waals surface area contributed by atoms with Crippen molar-refractivity contribution in [1.29, 1.82) is 0 Å². The molecule has 0 spiro atoms. The van der Waals surface area contributed by atoms with E-state index >= 15 is 0 Å². The van der Waals surface area contributed by atoms with E-state index in [0.29, 0.717) is 11.6 Å². The van der Waals surface area contributed by atoms with Gasteiger partial charge >= 0.3 is 0 Å². The number of phenols is 1. The highest BCUT2D eigenvalue weighted by molar-refractivity contribution is 6.18. The van der Waals surface area contributed by atoms with Crippen molar-refractivity contribution in [2.24, 2.45) is 0 Å². The average molecular weight is 193 g/mol. The van der Waals surface area contributed by atoms with Crippen LogP contribution >= 0.6 is 11.6 Å². The van der Waals surface area contributed by atoms with E-state index in [0.717, 1.165) is 16.3 Å². The summed E-state index contributed by atoms with van der Waals surface area (Å²) in [4.78, 5) is 0. The zero-order valence-corrected chi connectivity index (χ0v) is 7.75. The molecule has 0 unspecified atom stereocenters. The van der Waals surface area contributed by atoms with Gasteiger partial charge in [0.25, 0.3) is 0 Å². The minimum Gasteiger partial charge on any atom is -0.508 e. The lowest BCUT2D eigenvalue weighted by atomic mass is 10.1. The maximum absolute atomic E-state index is 9.26. The van der Waals surface area contributed by atoms with Crippen molar-refractivity contribution in [3.05, 3.63) is 42.0 Å². The van der Waals surface area contributed by atoms with E-state index in [4.69, 9.17) is 11.6 Å². The SMILES string of the molecule is Oc1ccc2c(CCl)cccc2c1. The molecule has 0 aliphatic carbocycles. The first-order valence-electron chi connectivity index (χ1n) is 4.08. The van der Waals surface area contributed by atoms with Gasteiger partial charge in [0, 0.05) is 5.88 Å². The van der Waals surface area contributed by atoms with E-state index in [1.54, 1.807) is 12.1 Å². The second-order valence-electron chi connectivity index (χ2n) is 2.96. The Balaban J connectivity index is 2.77. The minimum atomic E-state index is 0.291. The van der Waals surface area contributed by atoms with E-state index < -0.39 is 0 Å². The Labute approximate surface area is 81.6 Å². The quantitative estimate of drug-likeness (QED) is 0.688. The molecule has 0 bridgehead atoms. The lowest BCUT2D eigenvalue weighted by Gasteiger charge is -2.02. The number of fused-ring (bicyclic) bond motifs is 1. The zero-order chi connectivity index (χ0) is 9.26. The lowest BCUT2D eigenvalue weighted by molar-refractivity contribution is 0.476. The van der Waals surface area contributed by atoms with E-state index in [-0.39, 0.29) is 0 Å². The van der Waals surface area contributed by atoms with Crippen LogP contribution in [0.15, 0.2) is 36.4 Å². The minimum absolute atomic E-state index is 0.291. The number of phenolic OH excluding ortho intramolecular Hbond substituents is 1. The summed E-state index contributed by atoms with van der Waals surface area (Å²) in [5.74, 6) is 0.793. The van der Waals surface area contributed by atoms with E-state index in [1.807, 2.05) is 24.3 Å². The van der Waals surface area contributed by atoms with Gasteiger partial charge in [0.05, 0.1) is 0 Å². The molecule has 0 aromatic heterocycles. The maximum Gasteiger partial charge on any atom is 0.116 e. The fraction of sp³-hybridized carbons (Fsp3) is 0.0909. The van der Waals surface area contributed by atoms with Crippen LogP contribution in [-0.2, 0) is 5.88 Å². The Kier molecular flexibility index (Phi) is 2.11. The van der Waals surface area contributed by atoms with Gasteiger partial charge in [0.15, 0.2) is 0 Å². The highest BCUT2D eigenvalue weighted by Gasteiger charge is 1.99. The molecule has 2 aromatic carbocycles. The van der Waals surface area contributed by atoms with E-state index in [1.165, 1.54) is 0 Å². The van der Waals surface area contributed by atoms with Crippen LogP contribution in [-0.4, -0.2) is 5.11 Å². The Bertz CT molecular complexity index is 437. The summed E-state index contributed by atoms with van der Waals surface area (Å²) in [6, 6.07) is 11.2. The first kappa shape index (κ1) is 8.39. The molecular formula is C11H9ClO. The molecule has 0 aliphatic heterocycles. The standard InChI is InChI=1S/C11H9ClO/c12-7-9-3-1-2-8-6-10(13)4-5-11(8)9/h1-6,13H,7H2. The highest BCUT2D eigenvalue weighted by Crippen LogP contribution is 2.23. The summed E-state index contributed by atoms with van der Waals surface area (Å²) in [6.45, 7) is 0. The molecule has 0 saturated heterocycles. The van der Waals surface area contributed by atoms with Gasteiger partial charge in [-0.25, -0.2) is 0 Å². The van der Waals surface area contributed by atoms with Crippen molar-refractivity contribution >= 4 is 22.4 Å². The van der Waals surface area contributed by atoms with Crippen molar-refractivity contribution in [3.8, 4) is 5.75 Å². The molecule has 1 nitrogen and oxygen atoms in total. The Hall–Kier alpha value is -1.21. The molecule has 66 valence electrons.